The van der Waals surface area contributed by atoms with Crippen molar-refractivity contribution in [2.45, 2.75) is 37.6 Å². The number of aromatic nitrogens is 2. The van der Waals surface area contributed by atoms with Crippen molar-refractivity contribution in [2.75, 3.05) is 5.32 Å². The zero-order chi connectivity index (χ0) is 21.9. The number of anilines is 2. The van der Waals surface area contributed by atoms with Crippen LogP contribution in [0.2, 0.25) is 5.02 Å². The van der Waals surface area contributed by atoms with E-state index in [-0.39, 0.29) is 16.5 Å². The van der Waals surface area contributed by atoms with Gasteiger partial charge in [-0.1, -0.05) is 11.6 Å². The highest BCUT2D eigenvalue weighted by molar-refractivity contribution is 6.33. The molecule has 6 rings (SSSR count). The Labute approximate surface area is 182 Å². The van der Waals surface area contributed by atoms with Crippen molar-refractivity contribution >= 4 is 34.9 Å². The Balaban J connectivity index is 1.51. The molecule has 3 atom stereocenters. The first-order chi connectivity index (χ1) is 14.8. The maximum Gasteiger partial charge on any atom is 0.335 e. The average Bonchev–Trinajstić information content (AvgIpc) is 2.70. The molecule has 31 heavy (non-hydrogen) atoms. The summed E-state index contributed by atoms with van der Waals surface area (Å²) in [6.07, 6.45) is 5.64. The van der Waals surface area contributed by atoms with Gasteiger partial charge in [-0.05, 0) is 74.1 Å². The molecule has 0 spiro atoms. The Morgan fingerprint density at radius 3 is 2.32 bits per heavy atom. The molecule has 0 unspecified atom stereocenters. The van der Waals surface area contributed by atoms with Crippen LogP contribution in [0.25, 0.3) is 0 Å². The zero-order valence-electron chi connectivity index (χ0n) is 16.6. The summed E-state index contributed by atoms with van der Waals surface area (Å²) in [6.45, 7) is 0. The molecular weight excluding hydrogens is 422 g/mol. The van der Waals surface area contributed by atoms with Gasteiger partial charge in [0.25, 0.3) is 5.56 Å². The van der Waals surface area contributed by atoms with Crippen LogP contribution in [-0.4, -0.2) is 31.9 Å². The number of rotatable bonds is 5. The van der Waals surface area contributed by atoms with E-state index in [0.717, 1.165) is 19.3 Å². The predicted octanol–water partition coefficient (Wildman–Crippen LogP) is 3.57. The molecule has 1 aromatic heterocycles. The molecule has 0 radical (unpaired) electrons. The van der Waals surface area contributed by atoms with Gasteiger partial charge >= 0.3 is 11.9 Å². The van der Waals surface area contributed by atoms with Crippen molar-refractivity contribution < 1.29 is 19.8 Å². The maximum absolute atomic E-state index is 13.3. The monoisotopic (exact) mass is 443 g/mol. The summed E-state index contributed by atoms with van der Waals surface area (Å²) in [4.78, 5) is 36.5. The number of aromatic carboxylic acids is 1. The van der Waals surface area contributed by atoms with E-state index in [1.165, 1.54) is 23.0 Å². The first kappa shape index (κ1) is 20.1. The minimum Gasteiger partial charge on any atom is -0.481 e. The number of carbonyl (C=O) groups is 2. The highest BCUT2D eigenvalue weighted by Crippen LogP contribution is 2.61. The minimum absolute atomic E-state index is 0.0582. The molecule has 1 aromatic carbocycles. The van der Waals surface area contributed by atoms with E-state index in [4.69, 9.17) is 16.7 Å². The molecular formula is C22H22ClN3O5. The third kappa shape index (κ3) is 3.12. The zero-order valence-corrected chi connectivity index (χ0v) is 17.4. The van der Waals surface area contributed by atoms with E-state index in [9.17, 15) is 19.5 Å². The topological polar surface area (TPSA) is 122 Å². The smallest absolute Gasteiger partial charge is 0.335 e. The average molecular weight is 444 g/mol. The molecule has 0 amide bonds. The van der Waals surface area contributed by atoms with Gasteiger partial charge < -0.3 is 15.5 Å². The molecule has 0 saturated heterocycles. The van der Waals surface area contributed by atoms with Crippen LogP contribution in [0, 0.1) is 23.7 Å². The number of nitrogens with one attached hydrogen (secondary N) is 1. The summed E-state index contributed by atoms with van der Waals surface area (Å²) in [5.41, 5.74) is -0.330. The fourth-order valence-corrected chi connectivity index (χ4v) is 6.60. The van der Waals surface area contributed by atoms with Gasteiger partial charge in [-0.2, -0.15) is 5.10 Å². The lowest BCUT2D eigenvalue weighted by Gasteiger charge is -2.59. The van der Waals surface area contributed by atoms with E-state index in [0.29, 0.717) is 36.1 Å². The quantitative estimate of drug-likeness (QED) is 0.645. The molecule has 1 heterocycles. The van der Waals surface area contributed by atoms with Gasteiger partial charge in [0.1, 0.15) is 5.02 Å². The number of benzene rings is 1. The van der Waals surface area contributed by atoms with Crippen molar-refractivity contribution in [2.24, 2.45) is 23.7 Å². The lowest BCUT2D eigenvalue weighted by Crippen LogP contribution is -2.63. The van der Waals surface area contributed by atoms with Crippen molar-refractivity contribution in [3.63, 3.8) is 0 Å². The fraction of sp³-hybridized carbons (Fsp3) is 0.455. The Bertz CT molecular complexity index is 1110. The SMILES string of the molecule is O=C(O)c1ccc(Nc2cnn(C34C[C@H]5CC(C[C@@H](C5)C3)[C@@H]4C(=O)O)c(=O)c2Cl)cc1. The van der Waals surface area contributed by atoms with Crippen LogP contribution >= 0.6 is 11.6 Å². The van der Waals surface area contributed by atoms with Crippen LogP contribution in [0.15, 0.2) is 35.3 Å². The molecule has 2 aromatic rings. The highest BCUT2D eigenvalue weighted by atomic mass is 35.5. The van der Waals surface area contributed by atoms with Crippen LogP contribution in [-0.2, 0) is 10.3 Å². The van der Waals surface area contributed by atoms with Crippen LogP contribution in [0.1, 0.15) is 42.5 Å². The van der Waals surface area contributed by atoms with Crippen molar-refractivity contribution in [1.82, 2.24) is 9.78 Å². The van der Waals surface area contributed by atoms with Gasteiger partial charge in [-0.25, -0.2) is 9.48 Å². The summed E-state index contributed by atoms with van der Waals surface area (Å²) in [5, 5.41) is 26.4. The van der Waals surface area contributed by atoms with Gasteiger partial charge in [0, 0.05) is 5.69 Å². The first-order valence-corrected chi connectivity index (χ1v) is 10.8. The lowest BCUT2D eigenvalue weighted by molar-refractivity contribution is -0.168. The van der Waals surface area contributed by atoms with E-state index in [1.807, 2.05) is 0 Å². The summed E-state index contributed by atoms with van der Waals surface area (Å²) in [6, 6.07) is 6.04. The molecule has 9 heteroatoms. The second-order valence-electron chi connectivity index (χ2n) is 9.12. The molecule has 4 saturated carbocycles. The normalized spacial score (nSPS) is 30.9. The lowest BCUT2D eigenvalue weighted by atomic mass is 9.48. The molecule has 4 aliphatic rings. The first-order valence-electron chi connectivity index (χ1n) is 10.4. The molecule has 8 nitrogen and oxygen atoms in total. The van der Waals surface area contributed by atoms with E-state index in [2.05, 4.69) is 10.4 Å². The van der Waals surface area contributed by atoms with Gasteiger partial charge in [0.05, 0.1) is 28.9 Å². The van der Waals surface area contributed by atoms with Gasteiger partial charge in [0.2, 0.25) is 0 Å². The van der Waals surface area contributed by atoms with Crippen molar-refractivity contribution in [1.29, 1.82) is 0 Å². The number of carboxylic acids is 2. The minimum atomic E-state index is -1.03. The fourth-order valence-electron chi connectivity index (χ4n) is 6.42. The number of hydrogen-bond acceptors (Lipinski definition) is 5. The Morgan fingerprint density at radius 1 is 1.10 bits per heavy atom. The second kappa shape index (κ2) is 7.09. The van der Waals surface area contributed by atoms with Crippen LogP contribution in [0.3, 0.4) is 0 Å². The molecule has 4 bridgehead atoms. The summed E-state index contributed by atoms with van der Waals surface area (Å²) in [5.74, 6) is -1.62. The Morgan fingerprint density at radius 2 is 1.74 bits per heavy atom. The third-order valence-electron chi connectivity index (χ3n) is 7.29. The molecule has 3 N–H and O–H groups in total. The second-order valence-corrected chi connectivity index (χ2v) is 9.50. The van der Waals surface area contributed by atoms with E-state index < -0.39 is 29.0 Å². The van der Waals surface area contributed by atoms with Crippen LogP contribution in [0.5, 0.6) is 0 Å². The Kier molecular flexibility index (Phi) is 4.58. The summed E-state index contributed by atoms with van der Waals surface area (Å²) in [7, 11) is 0. The van der Waals surface area contributed by atoms with Gasteiger partial charge in [-0.3, -0.25) is 9.59 Å². The van der Waals surface area contributed by atoms with Crippen LogP contribution in [0.4, 0.5) is 11.4 Å². The molecule has 0 aliphatic heterocycles. The molecule has 162 valence electrons. The standard InChI is InChI=1S/C22H22ClN3O5/c23-18-16(25-15-3-1-13(2-4-15)20(28)29)10-24-26(19(18)27)22-8-11-5-12(9-22)7-14(6-11)17(22)21(30)31/h1-4,10-12,14,17,25H,5-9H2,(H,28,29)(H,30,31)/t11-,12-,14?,17-,22?/m1/s1. The van der Waals surface area contributed by atoms with Crippen molar-refractivity contribution in [3.8, 4) is 0 Å². The summed E-state index contributed by atoms with van der Waals surface area (Å²) < 4.78 is 1.34. The number of aliphatic carboxylic acids is 1. The molecule has 4 aliphatic carbocycles. The molecule has 4 fully saturated rings. The van der Waals surface area contributed by atoms with Crippen molar-refractivity contribution in [3.05, 3.63) is 51.4 Å². The van der Waals surface area contributed by atoms with Gasteiger partial charge in [-0.15, -0.1) is 0 Å². The third-order valence-corrected chi connectivity index (χ3v) is 7.66. The largest absolute Gasteiger partial charge is 0.481 e. The van der Waals surface area contributed by atoms with Gasteiger partial charge in [0.15, 0.2) is 0 Å². The Hall–Kier alpha value is -2.87. The maximum atomic E-state index is 13.3. The number of hydrogen-bond donors (Lipinski definition) is 3. The number of halogens is 1. The predicted molar refractivity (Wildman–Crippen MR) is 113 cm³/mol. The summed E-state index contributed by atoms with van der Waals surface area (Å²) >= 11 is 6.42. The highest BCUT2D eigenvalue weighted by Gasteiger charge is 2.61. The number of nitrogens with zero attached hydrogens (tertiary/aromatic N) is 2. The van der Waals surface area contributed by atoms with E-state index in [1.54, 1.807) is 12.1 Å². The van der Waals surface area contributed by atoms with E-state index >= 15 is 0 Å². The number of carboxylic acid groups (broad SMARTS) is 2. The van der Waals surface area contributed by atoms with Crippen LogP contribution < -0.4 is 10.9 Å².